The van der Waals surface area contributed by atoms with Crippen LogP contribution in [-0.2, 0) is 24.4 Å². The third kappa shape index (κ3) is 5.37. The monoisotopic (exact) mass is 393 g/mol. The molecule has 29 heavy (non-hydrogen) atoms. The Morgan fingerprint density at radius 3 is 2.52 bits per heavy atom. The second-order valence-electron chi connectivity index (χ2n) is 8.28. The molecule has 154 valence electrons. The molecule has 0 N–H and O–H groups in total. The SMILES string of the molecule is Cc1cc(C)c(Cn2ccnc2CN(Cc2ccco2)C(=O)CC(C)C)c(C)c1. The summed E-state index contributed by atoms with van der Waals surface area (Å²) in [6, 6.07) is 8.19. The molecular formula is C24H31N3O2. The van der Waals surface area contributed by atoms with Crippen molar-refractivity contribution in [2.45, 2.75) is 60.7 Å². The van der Waals surface area contributed by atoms with Crippen molar-refractivity contribution < 1.29 is 9.21 Å². The first-order chi connectivity index (χ1) is 13.8. The quantitative estimate of drug-likeness (QED) is 0.540. The zero-order chi connectivity index (χ0) is 21.0. The molecule has 2 aromatic heterocycles. The van der Waals surface area contributed by atoms with Gasteiger partial charge in [0.15, 0.2) is 0 Å². The van der Waals surface area contributed by atoms with E-state index in [9.17, 15) is 4.79 Å². The van der Waals surface area contributed by atoms with E-state index in [0.717, 1.165) is 18.1 Å². The van der Waals surface area contributed by atoms with Crippen LogP contribution in [0.5, 0.6) is 0 Å². The fraction of sp³-hybridized carbons (Fsp3) is 0.417. The van der Waals surface area contributed by atoms with E-state index in [-0.39, 0.29) is 5.91 Å². The summed E-state index contributed by atoms with van der Waals surface area (Å²) in [7, 11) is 0. The van der Waals surface area contributed by atoms with Crippen LogP contribution in [0.1, 0.15) is 54.1 Å². The Labute approximate surface area is 173 Å². The highest BCUT2D eigenvalue weighted by Gasteiger charge is 2.19. The number of amides is 1. The maximum absolute atomic E-state index is 12.9. The predicted octanol–water partition coefficient (Wildman–Crippen LogP) is 5.02. The van der Waals surface area contributed by atoms with E-state index in [2.05, 4.69) is 56.3 Å². The average Bonchev–Trinajstić information content (AvgIpc) is 3.29. The van der Waals surface area contributed by atoms with Gasteiger partial charge in [0, 0.05) is 25.4 Å². The lowest BCUT2D eigenvalue weighted by Crippen LogP contribution is -2.32. The van der Waals surface area contributed by atoms with E-state index in [0.29, 0.717) is 25.4 Å². The van der Waals surface area contributed by atoms with E-state index >= 15 is 0 Å². The van der Waals surface area contributed by atoms with Crippen LogP contribution in [0, 0.1) is 26.7 Å². The summed E-state index contributed by atoms with van der Waals surface area (Å²) < 4.78 is 7.63. The van der Waals surface area contributed by atoms with Gasteiger partial charge in [-0.05, 0) is 55.5 Å². The van der Waals surface area contributed by atoms with Crippen molar-refractivity contribution in [2.75, 3.05) is 0 Å². The molecule has 0 saturated carbocycles. The summed E-state index contributed by atoms with van der Waals surface area (Å²) in [5, 5.41) is 0. The number of nitrogens with zero attached hydrogens (tertiary/aromatic N) is 3. The summed E-state index contributed by atoms with van der Waals surface area (Å²) in [5.74, 6) is 2.09. The van der Waals surface area contributed by atoms with Gasteiger partial charge in [0.2, 0.25) is 5.91 Å². The molecule has 0 bridgehead atoms. The third-order valence-corrected chi connectivity index (χ3v) is 5.17. The Bertz CT molecular complexity index is 931. The van der Waals surface area contributed by atoms with Crippen LogP contribution in [-0.4, -0.2) is 20.4 Å². The van der Waals surface area contributed by atoms with Gasteiger partial charge in [0.05, 0.1) is 19.4 Å². The maximum Gasteiger partial charge on any atom is 0.223 e. The largest absolute Gasteiger partial charge is 0.467 e. The summed E-state index contributed by atoms with van der Waals surface area (Å²) in [5.41, 5.74) is 5.15. The Kier molecular flexibility index (Phi) is 6.57. The second-order valence-corrected chi connectivity index (χ2v) is 8.28. The van der Waals surface area contributed by atoms with Gasteiger partial charge in [-0.3, -0.25) is 4.79 Å². The van der Waals surface area contributed by atoms with Crippen molar-refractivity contribution in [2.24, 2.45) is 5.92 Å². The topological polar surface area (TPSA) is 51.3 Å². The van der Waals surface area contributed by atoms with Gasteiger partial charge in [0.25, 0.3) is 0 Å². The van der Waals surface area contributed by atoms with E-state index in [4.69, 9.17) is 4.42 Å². The summed E-state index contributed by atoms with van der Waals surface area (Å²) in [6.45, 7) is 12.2. The number of aryl methyl sites for hydroxylation is 3. The molecule has 0 radical (unpaired) electrons. The molecule has 0 unspecified atom stereocenters. The molecule has 2 heterocycles. The van der Waals surface area contributed by atoms with E-state index in [1.807, 2.05) is 29.4 Å². The molecule has 3 aromatic rings. The van der Waals surface area contributed by atoms with Crippen LogP contribution < -0.4 is 0 Å². The normalized spacial score (nSPS) is 11.2. The zero-order valence-corrected chi connectivity index (χ0v) is 18.1. The molecule has 5 heteroatoms. The molecule has 5 nitrogen and oxygen atoms in total. The second kappa shape index (κ2) is 9.12. The van der Waals surface area contributed by atoms with Crippen LogP contribution in [0.15, 0.2) is 47.3 Å². The van der Waals surface area contributed by atoms with Crippen molar-refractivity contribution in [1.82, 2.24) is 14.5 Å². The van der Waals surface area contributed by atoms with Crippen molar-refractivity contribution >= 4 is 5.91 Å². The van der Waals surface area contributed by atoms with Gasteiger partial charge >= 0.3 is 0 Å². The van der Waals surface area contributed by atoms with Gasteiger partial charge in [0.1, 0.15) is 11.6 Å². The van der Waals surface area contributed by atoms with Crippen LogP contribution in [0.25, 0.3) is 0 Å². The van der Waals surface area contributed by atoms with Gasteiger partial charge in [-0.25, -0.2) is 4.98 Å². The lowest BCUT2D eigenvalue weighted by atomic mass is 10.00. The standard InChI is InChI=1S/C24H31N3O2/c1-17(2)11-24(28)27(14-21-7-6-10-29-21)16-23-25-8-9-26(23)15-22-19(4)12-18(3)13-20(22)5/h6-10,12-13,17H,11,14-16H2,1-5H3. The molecule has 1 aromatic carbocycles. The minimum Gasteiger partial charge on any atom is -0.467 e. The zero-order valence-electron chi connectivity index (χ0n) is 18.1. The number of benzene rings is 1. The first-order valence-electron chi connectivity index (χ1n) is 10.2. The molecule has 0 aliphatic heterocycles. The van der Waals surface area contributed by atoms with Crippen LogP contribution in [0.3, 0.4) is 0 Å². The lowest BCUT2D eigenvalue weighted by molar-refractivity contribution is -0.133. The number of carbonyl (C=O) groups is 1. The van der Waals surface area contributed by atoms with Crippen LogP contribution in [0.4, 0.5) is 0 Å². The fourth-order valence-corrected chi connectivity index (χ4v) is 3.74. The highest BCUT2D eigenvalue weighted by molar-refractivity contribution is 5.76. The van der Waals surface area contributed by atoms with E-state index < -0.39 is 0 Å². The smallest absolute Gasteiger partial charge is 0.223 e. The van der Waals surface area contributed by atoms with Crippen molar-refractivity contribution in [3.8, 4) is 0 Å². The molecule has 0 atom stereocenters. The first-order valence-corrected chi connectivity index (χ1v) is 10.2. The number of furan rings is 1. The third-order valence-electron chi connectivity index (χ3n) is 5.17. The first kappa shape index (κ1) is 20.9. The molecule has 0 saturated heterocycles. The number of imidazole rings is 1. The molecule has 0 spiro atoms. The van der Waals surface area contributed by atoms with Gasteiger partial charge in [-0.1, -0.05) is 31.5 Å². The van der Waals surface area contributed by atoms with E-state index in [1.165, 1.54) is 22.3 Å². The van der Waals surface area contributed by atoms with Crippen molar-refractivity contribution in [3.05, 3.63) is 76.8 Å². The minimum atomic E-state index is 0.119. The van der Waals surface area contributed by atoms with E-state index in [1.54, 1.807) is 6.26 Å². The van der Waals surface area contributed by atoms with Gasteiger partial charge < -0.3 is 13.9 Å². The Morgan fingerprint density at radius 2 is 1.90 bits per heavy atom. The van der Waals surface area contributed by atoms with Gasteiger partial charge in [-0.15, -0.1) is 0 Å². The predicted molar refractivity (Wildman–Crippen MR) is 114 cm³/mol. The lowest BCUT2D eigenvalue weighted by Gasteiger charge is -2.23. The van der Waals surface area contributed by atoms with Crippen LogP contribution in [0.2, 0.25) is 0 Å². The number of aromatic nitrogens is 2. The Hall–Kier alpha value is -2.82. The van der Waals surface area contributed by atoms with Crippen LogP contribution >= 0.6 is 0 Å². The maximum atomic E-state index is 12.9. The summed E-state index contributed by atoms with van der Waals surface area (Å²) in [4.78, 5) is 19.3. The summed E-state index contributed by atoms with van der Waals surface area (Å²) in [6.07, 6.45) is 5.96. The number of carbonyl (C=O) groups excluding carboxylic acids is 1. The fourth-order valence-electron chi connectivity index (χ4n) is 3.74. The van der Waals surface area contributed by atoms with Crippen molar-refractivity contribution in [1.29, 1.82) is 0 Å². The molecule has 0 aliphatic carbocycles. The van der Waals surface area contributed by atoms with Crippen molar-refractivity contribution in [3.63, 3.8) is 0 Å². The van der Waals surface area contributed by atoms with Gasteiger partial charge in [-0.2, -0.15) is 0 Å². The molecule has 3 rings (SSSR count). The number of hydrogen-bond donors (Lipinski definition) is 0. The molecule has 1 amide bonds. The highest BCUT2D eigenvalue weighted by atomic mass is 16.3. The molecular weight excluding hydrogens is 362 g/mol. The minimum absolute atomic E-state index is 0.119. The molecule has 0 fully saturated rings. The average molecular weight is 394 g/mol. The number of hydrogen-bond acceptors (Lipinski definition) is 3. The Balaban J connectivity index is 1.82. The Morgan fingerprint density at radius 1 is 1.17 bits per heavy atom. The highest BCUT2D eigenvalue weighted by Crippen LogP contribution is 2.19. The molecule has 0 aliphatic rings. The number of rotatable bonds is 8. The summed E-state index contributed by atoms with van der Waals surface area (Å²) >= 11 is 0.